The van der Waals surface area contributed by atoms with Crippen LogP contribution in [0.1, 0.15) is 10.4 Å². The second kappa shape index (κ2) is 3.86. The van der Waals surface area contributed by atoms with E-state index >= 15 is 0 Å². The van der Waals surface area contributed by atoms with Gasteiger partial charge < -0.3 is 4.74 Å². The summed E-state index contributed by atoms with van der Waals surface area (Å²) < 4.78 is 7.18. The van der Waals surface area contributed by atoms with Crippen molar-refractivity contribution in [1.29, 1.82) is 0 Å². The maximum Gasteiger partial charge on any atom is 0.152 e. The fourth-order valence-corrected chi connectivity index (χ4v) is 3.13. The van der Waals surface area contributed by atoms with E-state index in [4.69, 9.17) is 4.74 Å². The minimum absolute atomic E-state index is 0.761. The van der Waals surface area contributed by atoms with E-state index in [1.54, 1.807) is 18.4 Å². The lowest BCUT2D eigenvalue weighted by Crippen LogP contribution is -1.86. The molecule has 0 saturated heterocycles. The Morgan fingerprint density at radius 1 is 1.50 bits per heavy atom. The number of carbonyl (C=O) groups excluding carboxylic acids is 1. The number of fused-ring (bicyclic) bond motifs is 1. The van der Waals surface area contributed by atoms with Crippen molar-refractivity contribution in [3.63, 3.8) is 0 Å². The summed E-state index contributed by atoms with van der Waals surface area (Å²) in [4.78, 5) is 10.9. The molecule has 0 aliphatic heterocycles. The summed E-state index contributed by atoms with van der Waals surface area (Å²) in [5.74, 6) is 0.838. The summed E-state index contributed by atoms with van der Waals surface area (Å²) in [6, 6.07) is 3.92. The van der Waals surface area contributed by atoms with Crippen molar-refractivity contribution in [2.24, 2.45) is 0 Å². The average molecular weight is 318 g/mol. The number of hydrogen-bond donors (Lipinski definition) is 0. The van der Waals surface area contributed by atoms with E-state index in [9.17, 15) is 4.79 Å². The lowest BCUT2D eigenvalue weighted by molar-refractivity contribution is 0.112. The lowest BCUT2D eigenvalue weighted by atomic mass is 10.2. The maximum atomic E-state index is 10.9. The van der Waals surface area contributed by atoms with Gasteiger partial charge in [0, 0.05) is 24.6 Å². The molecule has 2 aromatic rings. The molecule has 0 fully saturated rings. The van der Waals surface area contributed by atoms with E-state index in [0.29, 0.717) is 0 Å². The Morgan fingerprint density at radius 3 is 2.93 bits per heavy atom. The van der Waals surface area contributed by atoms with E-state index in [2.05, 4.69) is 22.6 Å². The number of hydrogen-bond acceptors (Lipinski definition) is 3. The second-order valence-corrected chi connectivity index (χ2v) is 4.80. The van der Waals surface area contributed by atoms with Crippen molar-refractivity contribution in [3.05, 3.63) is 26.6 Å². The van der Waals surface area contributed by atoms with Crippen LogP contribution >= 0.6 is 33.9 Å². The molecule has 1 aromatic carbocycles. The number of rotatable bonds is 2. The number of benzene rings is 1. The Hall–Kier alpha value is -0.620. The van der Waals surface area contributed by atoms with Crippen LogP contribution in [0.4, 0.5) is 0 Å². The quantitative estimate of drug-likeness (QED) is 0.627. The van der Waals surface area contributed by atoms with Crippen molar-refractivity contribution in [2.75, 3.05) is 7.11 Å². The SMILES string of the molecule is COc1csc2c(C=O)c(I)ccc12. The zero-order valence-electron chi connectivity index (χ0n) is 7.41. The number of thiophene rings is 1. The minimum Gasteiger partial charge on any atom is -0.495 e. The molecular formula is C10H7IO2S. The third kappa shape index (κ3) is 1.42. The van der Waals surface area contributed by atoms with Gasteiger partial charge in [0.05, 0.1) is 7.11 Å². The molecule has 0 unspecified atom stereocenters. The Labute approximate surface area is 99.0 Å². The van der Waals surface area contributed by atoms with Crippen LogP contribution in [0.3, 0.4) is 0 Å². The first-order valence-corrected chi connectivity index (χ1v) is 5.92. The highest BCUT2D eigenvalue weighted by Gasteiger charge is 2.10. The van der Waals surface area contributed by atoms with E-state index in [0.717, 1.165) is 31.3 Å². The van der Waals surface area contributed by atoms with Crippen molar-refractivity contribution in [1.82, 2.24) is 0 Å². The molecule has 2 nitrogen and oxygen atoms in total. The van der Waals surface area contributed by atoms with Crippen molar-refractivity contribution in [2.45, 2.75) is 0 Å². The van der Waals surface area contributed by atoms with Crippen LogP contribution < -0.4 is 4.74 Å². The molecule has 0 bridgehead atoms. The van der Waals surface area contributed by atoms with Crippen LogP contribution in [0, 0.1) is 3.57 Å². The fraction of sp³-hybridized carbons (Fsp3) is 0.100. The van der Waals surface area contributed by atoms with E-state index in [-0.39, 0.29) is 0 Å². The highest BCUT2D eigenvalue weighted by atomic mass is 127. The van der Waals surface area contributed by atoms with Gasteiger partial charge in [-0.3, -0.25) is 4.79 Å². The molecule has 0 amide bonds. The molecule has 14 heavy (non-hydrogen) atoms. The van der Waals surface area contributed by atoms with Gasteiger partial charge in [-0.1, -0.05) is 0 Å². The molecule has 1 aromatic heterocycles. The Balaban J connectivity index is 2.83. The van der Waals surface area contributed by atoms with Crippen LogP contribution in [-0.4, -0.2) is 13.4 Å². The maximum absolute atomic E-state index is 10.9. The van der Waals surface area contributed by atoms with Crippen LogP contribution in [0.5, 0.6) is 5.75 Å². The first-order valence-electron chi connectivity index (χ1n) is 3.96. The molecule has 0 spiro atoms. The lowest BCUT2D eigenvalue weighted by Gasteiger charge is -1.99. The predicted octanol–water partition coefficient (Wildman–Crippen LogP) is 3.33. The van der Waals surface area contributed by atoms with Gasteiger partial charge in [0.1, 0.15) is 5.75 Å². The highest BCUT2D eigenvalue weighted by molar-refractivity contribution is 14.1. The summed E-state index contributed by atoms with van der Waals surface area (Å²) in [7, 11) is 1.64. The average Bonchev–Trinajstić information content (AvgIpc) is 2.60. The van der Waals surface area contributed by atoms with Gasteiger partial charge in [0.25, 0.3) is 0 Å². The number of methoxy groups -OCH3 is 1. The van der Waals surface area contributed by atoms with Crippen LogP contribution in [0.15, 0.2) is 17.5 Å². The molecule has 0 atom stereocenters. The normalized spacial score (nSPS) is 10.4. The molecule has 4 heteroatoms. The van der Waals surface area contributed by atoms with Crippen molar-refractivity contribution in [3.8, 4) is 5.75 Å². The zero-order valence-corrected chi connectivity index (χ0v) is 10.4. The molecule has 0 aliphatic rings. The summed E-state index contributed by atoms with van der Waals surface area (Å²) in [6.45, 7) is 0. The van der Waals surface area contributed by atoms with Gasteiger partial charge in [0.15, 0.2) is 6.29 Å². The number of halogens is 1. The largest absolute Gasteiger partial charge is 0.495 e. The number of carbonyl (C=O) groups is 1. The van der Waals surface area contributed by atoms with Gasteiger partial charge in [0.2, 0.25) is 0 Å². The Bertz CT molecular complexity index is 490. The molecule has 0 radical (unpaired) electrons. The summed E-state index contributed by atoms with van der Waals surface area (Å²) in [5.41, 5.74) is 0.761. The number of ether oxygens (including phenoxy) is 1. The predicted molar refractivity (Wildman–Crippen MR) is 66.5 cm³/mol. The third-order valence-electron chi connectivity index (χ3n) is 2.03. The molecule has 2 rings (SSSR count). The van der Waals surface area contributed by atoms with Gasteiger partial charge in [-0.05, 0) is 34.7 Å². The fourth-order valence-electron chi connectivity index (χ4n) is 1.34. The minimum atomic E-state index is 0.761. The van der Waals surface area contributed by atoms with Crippen LogP contribution in [0.25, 0.3) is 10.1 Å². The summed E-state index contributed by atoms with van der Waals surface area (Å²) >= 11 is 3.71. The standard InChI is InChI=1S/C10H7IO2S/c1-13-9-5-14-10-6(9)2-3-8(11)7(10)4-12/h2-5H,1H3. The monoisotopic (exact) mass is 318 g/mol. The van der Waals surface area contributed by atoms with E-state index < -0.39 is 0 Å². The zero-order chi connectivity index (χ0) is 10.1. The van der Waals surface area contributed by atoms with Crippen LogP contribution in [0.2, 0.25) is 0 Å². The molecule has 1 heterocycles. The summed E-state index contributed by atoms with van der Waals surface area (Å²) in [5, 5.41) is 2.94. The van der Waals surface area contributed by atoms with E-state index in [1.165, 1.54) is 0 Å². The molecular weight excluding hydrogens is 311 g/mol. The van der Waals surface area contributed by atoms with Gasteiger partial charge in [-0.25, -0.2) is 0 Å². The Kier molecular flexibility index (Phi) is 2.73. The van der Waals surface area contributed by atoms with Gasteiger partial charge in [-0.2, -0.15) is 0 Å². The third-order valence-corrected chi connectivity index (χ3v) is 3.98. The van der Waals surface area contributed by atoms with Crippen molar-refractivity contribution < 1.29 is 9.53 Å². The highest BCUT2D eigenvalue weighted by Crippen LogP contribution is 2.35. The van der Waals surface area contributed by atoms with Gasteiger partial charge in [-0.15, -0.1) is 11.3 Å². The molecule has 0 aliphatic carbocycles. The first kappa shape index (κ1) is 9.92. The topological polar surface area (TPSA) is 26.3 Å². The molecule has 72 valence electrons. The van der Waals surface area contributed by atoms with Crippen LogP contribution in [-0.2, 0) is 0 Å². The summed E-state index contributed by atoms with van der Waals surface area (Å²) in [6.07, 6.45) is 0.903. The first-order chi connectivity index (χ1) is 6.77. The molecule has 0 N–H and O–H groups in total. The second-order valence-electron chi connectivity index (χ2n) is 2.76. The molecule has 0 saturated carbocycles. The smallest absolute Gasteiger partial charge is 0.152 e. The van der Waals surface area contributed by atoms with Gasteiger partial charge >= 0.3 is 0 Å². The van der Waals surface area contributed by atoms with E-state index in [1.807, 2.05) is 17.5 Å². The number of aldehydes is 1. The Morgan fingerprint density at radius 2 is 2.29 bits per heavy atom. The van der Waals surface area contributed by atoms with Crippen molar-refractivity contribution >= 4 is 50.3 Å².